The van der Waals surface area contributed by atoms with Crippen LogP contribution in [-0.2, 0) is 16.1 Å². The van der Waals surface area contributed by atoms with Gasteiger partial charge in [0.2, 0.25) is 5.91 Å². The number of allylic oxidation sites excluding steroid dienone is 3. The zero-order valence-electron chi connectivity index (χ0n) is 19.1. The lowest BCUT2D eigenvalue weighted by atomic mass is 9.85. The maximum absolute atomic E-state index is 12.9. The number of carboxylic acids is 1. The lowest BCUT2D eigenvalue weighted by molar-refractivity contribution is -0.897. The van der Waals surface area contributed by atoms with Gasteiger partial charge in [-0.15, -0.1) is 0 Å². The van der Waals surface area contributed by atoms with Crippen LogP contribution in [0.1, 0.15) is 63.5 Å². The maximum Gasteiger partial charge on any atom is 0.326 e. The number of aliphatic carboxylic acids is 1. The Morgan fingerprint density at radius 2 is 2.00 bits per heavy atom. The molecule has 0 bridgehead atoms. The van der Waals surface area contributed by atoms with E-state index in [-0.39, 0.29) is 17.7 Å². The van der Waals surface area contributed by atoms with Gasteiger partial charge in [0.1, 0.15) is 12.6 Å². The second kappa shape index (κ2) is 11.0. The van der Waals surface area contributed by atoms with E-state index in [2.05, 4.69) is 46.3 Å². The van der Waals surface area contributed by atoms with Gasteiger partial charge in [-0.1, -0.05) is 69.7 Å². The SMILES string of the molecule is CCCCC(=O)N(Cc1ccc(C2CC=CC=C2C[NH+]2N=N[N-]2)cc1)[C@H](C(=O)O)C(C)C. The number of nitrogens with one attached hydrogen (secondary N) is 1. The summed E-state index contributed by atoms with van der Waals surface area (Å²) in [7, 11) is 0. The summed E-state index contributed by atoms with van der Waals surface area (Å²) in [4.78, 5) is 26.3. The summed E-state index contributed by atoms with van der Waals surface area (Å²) in [5.41, 5.74) is 7.31. The van der Waals surface area contributed by atoms with Crippen molar-refractivity contribution in [2.75, 3.05) is 6.54 Å². The van der Waals surface area contributed by atoms with Crippen molar-refractivity contribution in [3.05, 3.63) is 64.7 Å². The van der Waals surface area contributed by atoms with Crippen molar-refractivity contribution in [1.82, 2.24) is 4.90 Å². The highest BCUT2D eigenvalue weighted by molar-refractivity contribution is 5.83. The fraction of sp³-hybridized carbons (Fsp3) is 0.500. The number of hydrogen-bond acceptors (Lipinski definition) is 4. The van der Waals surface area contributed by atoms with Gasteiger partial charge >= 0.3 is 5.97 Å². The summed E-state index contributed by atoms with van der Waals surface area (Å²) in [6, 6.07) is 7.33. The zero-order chi connectivity index (χ0) is 23.1. The number of quaternary nitrogens is 1. The van der Waals surface area contributed by atoms with Crippen molar-refractivity contribution >= 4 is 11.9 Å². The van der Waals surface area contributed by atoms with Gasteiger partial charge in [0.05, 0.1) is 0 Å². The second-order valence-electron chi connectivity index (χ2n) is 8.73. The molecule has 1 aliphatic heterocycles. The predicted molar refractivity (Wildman–Crippen MR) is 121 cm³/mol. The van der Waals surface area contributed by atoms with E-state index in [1.54, 1.807) is 0 Å². The number of carbonyl (C=O) groups excluding carboxylic acids is 1. The van der Waals surface area contributed by atoms with Gasteiger partial charge in [-0.25, -0.2) is 9.91 Å². The first-order valence-corrected chi connectivity index (χ1v) is 11.3. The van der Waals surface area contributed by atoms with Gasteiger partial charge < -0.3 is 10.0 Å². The third-order valence-corrected chi connectivity index (χ3v) is 5.97. The van der Waals surface area contributed by atoms with E-state index in [4.69, 9.17) is 0 Å². The number of amides is 1. The highest BCUT2D eigenvalue weighted by atomic mass is 16.4. The maximum atomic E-state index is 12.9. The number of nitrogens with zero attached hydrogens (tertiary/aromatic N) is 4. The van der Waals surface area contributed by atoms with E-state index in [9.17, 15) is 14.7 Å². The molecule has 172 valence electrons. The smallest absolute Gasteiger partial charge is 0.326 e. The van der Waals surface area contributed by atoms with Crippen LogP contribution in [-0.4, -0.2) is 34.5 Å². The molecule has 1 aromatic carbocycles. The predicted octanol–water partition coefficient (Wildman–Crippen LogP) is 3.75. The molecule has 0 aromatic heterocycles. The fourth-order valence-electron chi connectivity index (χ4n) is 4.21. The van der Waals surface area contributed by atoms with E-state index >= 15 is 0 Å². The lowest BCUT2D eigenvalue weighted by Gasteiger charge is -2.32. The minimum Gasteiger partial charge on any atom is -0.480 e. The highest BCUT2D eigenvalue weighted by Gasteiger charge is 2.32. The molecule has 3 atom stereocenters. The van der Waals surface area contributed by atoms with Crippen LogP contribution in [0.15, 0.2) is 58.5 Å². The van der Waals surface area contributed by atoms with Crippen molar-refractivity contribution in [3.8, 4) is 0 Å². The van der Waals surface area contributed by atoms with Crippen LogP contribution in [0.3, 0.4) is 0 Å². The van der Waals surface area contributed by atoms with Crippen molar-refractivity contribution in [3.63, 3.8) is 0 Å². The van der Waals surface area contributed by atoms with Gasteiger partial charge in [0.25, 0.3) is 0 Å². The van der Waals surface area contributed by atoms with E-state index in [0.717, 1.165) is 29.9 Å². The van der Waals surface area contributed by atoms with Crippen LogP contribution in [0, 0.1) is 5.92 Å². The summed E-state index contributed by atoms with van der Waals surface area (Å²) in [6.07, 6.45) is 9.27. The molecule has 3 rings (SSSR count). The molecule has 2 unspecified atom stereocenters. The molecule has 0 fully saturated rings. The van der Waals surface area contributed by atoms with E-state index in [0.29, 0.717) is 19.5 Å². The van der Waals surface area contributed by atoms with Crippen LogP contribution >= 0.6 is 0 Å². The number of hydrogen-bond donors (Lipinski definition) is 2. The van der Waals surface area contributed by atoms with Crippen molar-refractivity contribution in [2.45, 2.75) is 65.0 Å². The standard InChI is InChI=1S/C24H33N5O3/c1-4-5-10-22(30)28(23(17(2)3)24(31)32)15-18-11-13-19(14-12-18)21-9-7-6-8-20(21)16-29-26-25-27-29/h6-8,11-14,17,21,23,29H,4-5,9-10,15-16H2,1-3H3,(H-,26,27,31,32)/t21?,23-/m0/s1. The average molecular weight is 440 g/mol. The minimum absolute atomic E-state index is 0.102. The number of rotatable bonds is 11. The van der Waals surface area contributed by atoms with Crippen LogP contribution in [0.25, 0.3) is 5.53 Å². The Morgan fingerprint density at radius 3 is 2.56 bits per heavy atom. The zero-order valence-corrected chi connectivity index (χ0v) is 19.1. The van der Waals surface area contributed by atoms with Gasteiger partial charge in [0.15, 0.2) is 0 Å². The Bertz CT molecular complexity index is 891. The van der Waals surface area contributed by atoms with E-state index in [1.165, 1.54) is 16.0 Å². The molecule has 0 saturated carbocycles. The molecule has 8 heteroatoms. The molecular weight excluding hydrogens is 406 g/mol. The van der Waals surface area contributed by atoms with E-state index < -0.39 is 12.0 Å². The van der Waals surface area contributed by atoms with Crippen LogP contribution in [0.2, 0.25) is 0 Å². The normalized spacial score (nSPS) is 20.3. The van der Waals surface area contributed by atoms with Crippen molar-refractivity contribution in [1.29, 1.82) is 0 Å². The number of carboxylic acid groups (broad SMARTS) is 1. The van der Waals surface area contributed by atoms with Crippen molar-refractivity contribution < 1.29 is 19.8 Å². The molecule has 1 heterocycles. The molecule has 1 aromatic rings. The number of unbranched alkanes of at least 4 members (excludes halogenated alkanes) is 1. The average Bonchev–Trinajstić information content (AvgIpc) is 2.74. The van der Waals surface area contributed by atoms with Gasteiger partial charge in [-0.3, -0.25) is 4.79 Å². The van der Waals surface area contributed by atoms with Crippen molar-refractivity contribution in [2.24, 2.45) is 16.4 Å². The summed E-state index contributed by atoms with van der Waals surface area (Å²) >= 11 is 0. The van der Waals surface area contributed by atoms with Gasteiger partial charge in [-0.05, 0) is 35.5 Å². The van der Waals surface area contributed by atoms with Gasteiger partial charge in [-0.2, -0.15) is 16.0 Å². The Labute approximate surface area is 189 Å². The Hall–Kier alpha value is -3.00. The quantitative estimate of drug-likeness (QED) is 0.549. The molecule has 0 radical (unpaired) electrons. The molecule has 0 spiro atoms. The summed E-state index contributed by atoms with van der Waals surface area (Å²) in [5, 5.41) is 18.0. The first-order chi connectivity index (χ1) is 15.4. The molecule has 8 nitrogen and oxygen atoms in total. The molecule has 2 N–H and O–H groups in total. The Balaban J connectivity index is 1.75. The summed E-state index contributed by atoms with van der Waals surface area (Å²) in [5.74, 6) is -0.987. The third-order valence-electron chi connectivity index (χ3n) is 5.97. The summed E-state index contributed by atoms with van der Waals surface area (Å²) < 4.78 is 0. The molecule has 1 aliphatic carbocycles. The minimum atomic E-state index is -0.957. The Morgan fingerprint density at radius 1 is 1.28 bits per heavy atom. The summed E-state index contributed by atoms with van der Waals surface area (Å²) in [6.45, 7) is 6.70. The first-order valence-electron chi connectivity index (χ1n) is 11.3. The van der Waals surface area contributed by atoms with Gasteiger partial charge in [0, 0.05) is 18.9 Å². The largest absolute Gasteiger partial charge is 0.480 e. The second-order valence-corrected chi connectivity index (χ2v) is 8.73. The third kappa shape index (κ3) is 5.82. The van der Waals surface area contributed by atoms with Crippen LogP contribution in [0.5, 0.6) is 0 Å². The molecule has 2 aliphatic rings. The van der Waals surface area contributed by atoms with Crippen LogP contribution < -0.4 is 5.12 Å². The molecular formula is C24H33N5O3. The number of carbonyl (C=O) groups is 2. The highest BCUT2D eigenvalue weighted by Crippen LogP contribution is 2.31. The molecule has 32 heavy (non-hydrogen) atoms. The van der Waals surface area contributed by atoms with Crippen LogP contribution in [0.4, 0.5) is 0 Å². The Kier molecular flexibility index (Phi) is 8.16. The topological polar surface area (TPSA) is 101 Å². The lowest BCUT2D eigenvalue weighted by Crippen LogP contribution is -3.06. The fourth-order valence-corrected chi connectivity index (χ4v) is 4.21. The molecule has 0 saturated heterocycles. The first kappa shape index (κ1) is 23.7. The molecule has 1 amide bonds. The number of benzene rings is 1. The van der Waals surface area contributed by atoms with E-state index in [1.807, 2.05) is 32.9 Å². The monoisotopic (exact) mass is 439 g/mol.